The lowest BCUT2D eigenvalue weighted by Crippen LogP contribution is -2.48. The molecule has 4 saturated carbocycles. The van der Waals surface area contributed by atoms with Crippen molar-refractivity contribution < 1.29 is 9.84 Å². The van der Waals surface area contributed by atoms with Gasteiger partial charge in [0.15, 0.2) is 0 Å². The molecule has 0 radical (unpaired) electrons. The number of rotatable bonds is 12. The minimum absolute atomic E-state index is 0.380. The molecule has 1 N–H and O–H groups in total. The van der Waals surface area contributed by atoms with Gasteiger partial charge in [-0.05, 0) is 105 Å². The molecule has 1 atom stereocenters. The molecule has 0 aliphatic heterocycles. The Balaban J connectivity index is 1.28. The summed E-state index contributed by atoms with van der Waals surface area (Å²) >= 11 is 0. The van der Waals surface area contributed by atoms with Gasteiger partial charge in [0.25, 0.3) is 0 Å². The Morgan fingerprint density at radius 3 is 1.97 bits per heavy atom. The highest BCUT2D eigenvalue weighted by molar-refractivity contribution is 5.34. The zero-order chi connectivity index (χ0) is 21.0. The first kappa shape index (κ1) is 22.1. The predicted molar refractivity (Wildman–Crippen MR) is 124 cm³/mol. The Hall–Kier alpha value is -1.06. The zero-order valence-corrected chi connectivity index (χ0v) is 19.3. The van der Waals surface area contributed by atoms with Crippen molar-refractivity contribution in [3.63, 3.8) is 0 Å². The van der Waals surface area contributed by atoms with Crippen LogP contribution in [0.25, 0.3) is 0 Å². The maximum Gasteiger partial charge on any atom is 0.119 e. The fourth-order valence-corrected chi connectivity index (χ4v) is 6.97. The summed E-state index contributed by atoms with van der Waals surface area (Å²) in [4.78, 5) is 2.40. The molecular formula is C27H43NO2. The van der Waals surface area contributed by atoms with Crippen LogP contribution >= 0.6 is 0 Å². The van der Waals surface area contributed by atoms with Gasteiger partial charge in [-0.3, -0.25) is 0 Å². The van der Waals surface area contributed by atoms with E-state index in [1.807, 2.05) is 0 Å². The van der Waals surface area contributed by atoms with Gasteiger partial charge in [-0.2, -0.15) is 0 Å². The van der Waals surface area contributed by atoms with Gasteiger partial charge in [-0.25, -0.2) is 0 Å². The van der Waals surface area contributed by atoms with Crippen LogP contribution in [0.1, 0.15) is 83.6 Å². The average Bonchev–Trinajstić information content (AvgIpc) is 2.73. The highest BCUT2D eigenvalue weighted by Gasteiger charge is 2.51. The second-order valence-electron chi connectivity index (χ2n) is 10.7. The molecule has 0 unspecified atom stereocenters. The molecule has 0 saturated heterocycles. The van der Waals surface area contributed by atoms with E-state index in [1.54, 1.807) is 5.56 Å². The lowest BCUT2D eigenvalue weighted by Gasteiger charge is -2.57. The standard InChI is InChI=1S/C27H43NO2/c1-3-5-11-28(12-6-4-2)19-25(29)20-30-26-9-7-24(8-10-26)27-16-21-13-22(17-27)15-23(14-21)18-27/h7-10,21-23,25,29H,3-6,11-20H2,1-2H3/t21?,22?,23?,25-,27?/m0/s1. The lowest BCUT2D eigenvalue weighted by atomic mass is 9.48. The van der Waals surface area contributed by atoms with Gasteiger partial charge in [-0.1, -0.05) is 38.8 Å². The van der Waals surface area contributed by atoms with Crippen LogP contribution in [0.5, 0.6) is 5.75 Å². The Bertz CT molecular complexity index is 612. The SMILES string of the molecule is CCCCN(CCCC)C[C@H](O)COc1ccc(C23CC4CC(CC(C4)C2)C3)cc1. The van der Waals surface area contributed by atoms with Crippen LogP contribution in [0.4, 0.5) is 0 Å². The molecule has 30 heavy (non-hydrogen) atoms. The number of ether oxygens (including phenoxy) is 1. The second-order valence-corrected chi connectivity index (χ2v) is 10.7. The first-order valence-corrected chi connectivity index (χ1v) is 12.7. The van der Waals surface area contributed by atoms with E-state index in [1.165, 1.54) is 64.2 Å². The summed E-state index contributed by atoms with van der Waals surface area (Å²) < 4.78 is 5.97. The third-order valence-corrected chi connectivity index (χ3v) is 8.07. The molecule has 168 valence electrons. The second kappa shape index (κ2) is 10.0. The first-order chi connectivity index (χ1) is 14.6. The van der Waals surface area contributed by atoms with Crippen molar-refractivity contribution in [3.8, 4) is 5.75 Å². The van der Waals surface area contributed by atoms with Crippen LogP contribution in [0.2, 0.25) is 0 Å². The van der Waals surface area contributed by atoms with Crippen LogP contribution in [-0.4, -0.2) is 42.4 Å². The van der Waals surface area contributed by atoms with Crippen molar-refractivity contribution in [1.29, 1.82) is 0 Å². The summed E-state index contributed by atoms with van der Waals surface area (Å²) in [6.45, 7) is 7.70. The van der Waals surface area contributed by atoms with E-state index in [2.05, 4.69) is 43.0 Å². The Labute approximate surface area is 184 Å². The van der Waals surface area contributed by atoms with Gasteiger partial charge in [0.05, 0.1) is 0 Å². The molecule has 4 fully saturated rings. The van der Waals surface area contributed by atoms with Crippen molar-refractivity contribution in [2.75, 3.05) is 26.2 Å². The highest BCUT2D eigenvalue weighted by Crippen LogP contribution is 2.60. The Morgan fingerprint density at radius 2 is 1.47 bits per heavy atom. The van der Waals surface area contributed by atoms with E-state index in [4.69, 9.17) is 4.74 Å². The van der Waals surface area contributed by atoms with Gasteiger partial charge in [0.1, 0.15) is 18.5 Å². The molecular weight excluding hydrogens is 370 g/mol. The average molecular weight is 414 g/mol. The molecule has 0 aromatic heterocycles. The number of aliphatic hydroxyl groups is 1. The largest absolute Gasteiger partial charge is 0.491 e. The monoisotopic (exact) mass is 413 g/mol. The zero-order valence-electron chi connectivity index (χ0n) is 19.3. The smallest absolute Gasteiger partial charge is 0.119 e. The predicted octanol–water partition coefficient (Wildman–Crippen LogP) is 5.80. The Morgan fingerprint density at radius 1 is 0.933 bits per heavy atom. The minimum Gasteiger partial charge on any atom is -0.491 e. The molecule has 3 nitrogen and oxygen atoms in total. The molecule has 3 heteroatoms. The first-order valence-electron chi connectivity index (χ1n) is 12.7. The topological polar surface area (TPSA) is 32.7 Å². The van der Waals surface area contributed by atoms with Gasteiger partial charge in [-0.15, -0.1) is 0 Å². The van der Waals surface area contributed by atoms with Crippen LogP contribution in [0.3, 0.4) is 0 Å². The fraction of sp³-hybridized carbons (Fsp3) is 0.778. The van der Waals surface area contributed by atoms with Gasteiger partial charge >= 0.3 is 0 Å². The quantitative estimate of drug-likeness (QED) is 0.470. The summed E-state index contributed by atoms with van der Waals surface area (Å²) in [7, 11) is 0. The number of nitrogens with zero attached hydrogens (tertiary/aromatic N) is 1. The summed E-state index contributed by atoms with van der Waals surface area (Å²) in [5, 5.41) is 10.5. The minimum atomic E-state index is -0.429. The van der Waals surface area contributed by atoms with E-state index in [0.29, 0.717) is 18.6 Å². The molecule has 4 aliphatic carbocycles. The van der Waals surface area contributed by atoms with Crippen molar-refractivity contribution in [1.82, 2.24) is 4.90 Å². The third-order valence-electron chi connectivity index (χ3n) is 8.07. The van der Waals surface area contributed by atoms with E-state index < -0.39 is 6.10 Å². The highest BCUT2D eigenvalue weighted by atomic mass is 16.5. The van der Waals surface area contributed by atoms with Gasteiger partial charge < -0.3 is 14.7 Å². The summed E-state index contributed by atoms with van der Waals surface area (Å²) in [5.74, 6) is 3.83. The number of aliphatic hydroxyl groups excluding tert-OH is 1. The summed E-state index contributed by atoms with van der Waals surface area (Å²) in [6.07, 6.45) is 13.1. The number of unbranched alkanes of at least 4 members (excludes halogenated alkanes) is 2. The number of hydrogen-bond donors (Lipinski definition) is 1. The molecule has 1 aromatic rings. The molecule has 0 spiro atoms. The molecule has 4 bridgehead atoms. The van der Waals surface area contributed by atoms with Gasteiger partial charge in [0, 0.05) is 6.54 Å². The van der Waals surface area contributed by atoms with Crippen molar-refractivity contribution in [2.45, 2.75) is 89.6 Å². The molecule has 0 heterocycles. The van der Waals surface area contributed by atoms with Crippen LogP contribution in [0, 0.1) is 17.8 Å². The van der Waals surface area contributed by atoms with E-state index in [9.17, 15) is 5.11 Å². The molecule has 0 amide bonds. The number of hydrogen-bond acceptors (Lipinski definition) is 3. The maximum atomic E-state index is 10.5. The van der Waals surface area contributed by atoms with Crippen molar-refractivity contribution >= 4 is 0 Å². The van der Waals surface area contributed by atoms with Crippen LogP contribution < -0.4 is 4.74 Å². The normalized spacial score (nSPS) is 30.7. The van der Waals surface area contributed by atoms with Gasteiger partial charge in [0.2, 0.25) is 0 Å². The third kappa shape index (κ3) is 5.22. The lowest BCUT2D eigenvalue weighted by molar-refractivity contribution is -0.00522. The van der Waals surface area contributed by atoms with Crippen molar-refractivity contribution in [2.24, 2.45) is 17.8 Å². The molecule has 4 aliphatic rings. The Kier molecular flexibility index (Phi) is 7.41. The molecule has 1 aromatic carbocycles. The maximum absolute atomic E-state index is 10.5. The summed E-state index contributed by atoms with van der Waals surface area (Å²) in [6, 6.07) is 8.94. The van der Waals surface area contributed by atoms with E-state index >= 15 is 0 Å². The van der Waals surface area contributed by atoms with Crippen molar-refractivity contribution in [3.05, 3.63) is 29.8 Å². The number of benzene rings is 1. The van der Waals surface area contributed by atoms with E-state index in [0.717, 1.165) is 36.6 Å². The fourth-order valence-electron chi connectivity index (χ4n) is 6.97. The summed E-state index contributed by atoms with van der Waals surface area (Å²) in [5.41, 5.74) is 1.99. The van der Waals surface area contributed by atoms with Crippen LogP contribution in [-0.2, 0) is 5.41 Å². The van der Waals surface area contributed by atoms with E-state index in [-0.39, 0.29) is 0 Å². The van der Waals surface area contributed by atoms with Crippen LogP contribution in [0.15, 0.2) is 24.3 Å². The molecule has 5 rings (SSSR count).